The second-order valence-corrected chi connectivity index (χ2v) is 13.5. The predicted octanol–water partition coefficient (Wildman–Crippen LogP) is 3.59. The number of nitrogens with one attached hydrogen (secondary N) is 1. The third kappa shape index (κ3) is 7.54. The van der Waals surface area contributed by atoms with Crippen LogP contribution in [0, 0.1) is 17.0 Å². The van der Waals surface area contributed by atoms with Crippen LogP contribution in [0.15, 0.2) is 95.2 Å². The van der Waals surface area contributed by atoms with Gasteiger partial charge in [-0.1, -0.05) is 35.9 Å². The van der Waals surface area contributed by atoms with Gasteiger partial charge in [-0.05, 0) is 55.8 Å². The van der Waals surface area contributed by atoms with Gasteiger partial charge in [0.05, 0.1) is 9.82 Å². The van der Waals surface area contributed by atoms with Gasteiger partial charge in [-0.3, -0.25) is 24.6 Å². The minimum Gasteiger partial charge on any atom is -0.510 e. The number of nitro benzene ring substituents is 1. The van der Waals surface area contributed by atoms with Gasteiger partial charge in [-0.15, -0.1) is 0 Å². The zero-order valence-electron chi connectivity index (χ0n) is 23.4. The number of allylic oxidation sites excluding steroid dienone is 1. The van der Waals surface area contributed by atoms with E-state index in [1.807, 2.05) is 0 Å². The molecule has 1 saturated heterocycles. The van der Waals surface area contributed by atoms with Crippen molar-refractivity contribution in [3.63, 3.8) is 0 Å². The summed E-state index contributed by atoms with van der Waals surface area (Å²) in [6.45, 7) is 2.05. The van der Waals surface area contributed by atoms with Crippen LogP contribution < -0.4 is 10.1 Å². The number of non-ortho nitro benzene ring substituents is 1. The third-order valence-corrected chi connectivity index (χ3v) is 10.0. The molecule has 0 aromatic heterocycles. The summed E-state index contributed by atoms with van der Waals surface area (Å²) in [4.78, 5) is 50.1. The number of nitro groups is 1. The van der Waals surface area contributed by atoms with Crippen molar-refractivity contribution in [2.24, 2.45) is 0 Å². The number of ether oxygens (including phenoxy) is 2. The zero-order chi connectivity index (χ0) is 32.0. The Kier molecular flexibility index (Phi) is 9.90. The molecule has 230 valence electrons. The number of carbonyl (C=O) groups is 3. The SMILES string of the molecule is C/C(O)=C(/C(=O)OCc1ccc([N+](=O)[O-])cc1)N1C(=O)C(NC(=O)COc2ccccc2)C1SS(=O)(=O)c1ccc(C)cc1. The molecule has 1 heterocycles. The van der Waals surface area contributed by atoms with Gasteiger partial charge in [0.15, 0.2) is 12.3 Å². The molecule has 0 aliphatic carbocycles. The monoisotopic (exact) mass is 641 g/mol. The van der Waals surface area contributed by atoms with Gasteiger partial charge in [-0.25, -0.2) is 13.2 Å². The normalized spacial score (nSPS) is 16.8. The van der Waals surface area contributed by atoms with Crippen molar-refractivity contribution in [3.8, 4) is 5.75 Å². The van der Waals surface area contributed by atoms with E-state index in [9.17, 15) is 38.0 Å². The van der Waals surface area contributed by atoms with Crippen LogP contribution in [-0.4, -0.2) is 59.2 Å². The van der Waals surface area contributed by atoms with E-state index in [4.69, 9.17) is 9.47 Å². The predicted molar refractivity (Wildman–Crippen MR) is 159 cm³/mol. The number of para-hydroxylation sites is 1. The van der Waals surface area contributed by atoms with E-state index in [0.717, 1.165) is 17.4 Å². The summed E-state index contributed by atoms with van der Waals surface area (Å²) in [7, 11) is -3.83. The Bertz CT molecular complexity index is 1690. The molecule has 2 amide bonds. The Morgan fingerprint density at radius 2 is 1.68 bits per heavy atom. The molecule has 2 unspecified atom stereocenters. The summed E-state index contributed by atoms with van der Waals surface area (Å²) < 4.78 is 37.3. The van der Waals surface area contributed by atoms with E-state index in [1.165, 1.54) is 36.4 Å². The molecular weight excluding hydrogens is 614 g/mol. The first-order valence-corrected chi connectivity index (χ1v) is 15.9. The number of hydrogen-bond acceptors (Lipinski definition) is 11. The van der Waals surface area contributed by atoms with Crippen LogP contribution in [0.4, 0.5) is 5.69 Å². The molecule has 0 spiro atoms. The number of carbonyl (C=O) groups excluding carboxylic acids is 3. The van der Waals surface area contributed by atoms with Crippen molar-refractivity contribution in [2.45, 2.75) is 36.8 Å². The van der Waals surface area contributed by atoms with E-state index < -0.39 is 61.1 Å². The van der Waals surface area contributed by atoms with Crippen LogP contribution in [0.2, 0.25) is 0 Å². The van der Waals surface area contributed by atoms with Gasteiger partial charge in [0.25, 0.3) is 17.5 Å². The Morgan fingerprint density at radius 1 is 1.05 bits per heavy atom. The number of aliphatic hydroxyl groups excluding tert-OH is 1. The minimum atomic E-state index is -4.14. The molecule has 2 atom stereocenters. The van der Waals surface area contributed by atoms with E-state index in [2.05, 4.69) is 5.32 Å². The molecule has 1 aliphatic heterocycles. The lowest BCUT2D eigenvalue weighted by atomic mass is 10.1. The largest absolute Gasteiger partial charge is 0.510 e. The standard InChI is InChI=1S/C29H27N3O10S2/c1-18-8-14-23(15-9-18)44(39,40)43-28-25(30-24(34)17-41-22-6-4-3-5-7-22)27(35)31(28)26(19(2)33)29(36)42-16-20-10-12-21(13-11-20)32(37)38/h3-15,25,28,33H,16-17H2,1-2H3,(H,30,34)/b26-19+. The van der Waals surface area contributed by atoms with E-state index in [-0.39, 0.29) is 17.2 Å². The van der Waals surface area contributed by atoms with Gasteiger partial charge in [0.1, 0.15) is 29.5 Å². The van der Waals surface area contributed by atoms with Gasteiger partial charge >= 0.3 is 5.97 Å². The maximum Gasteiger partial charge on any atom is 0.358 e. The number of β-lactam (4-membered cyclic amide) rings is 1. The second-order valence-electron chi connectivity index (χ2n) is 9.54. The molecule has 0 bridgehead atoms. The average Bonchev–Trinajstić information content (AvgIpc) is 3.00. The summed E-state index contributed by atoms with van der Waals surface area (Å²) in [5.41, 5.74) is 0.398. The average molecular weight is 642 g/mol. The molecule has 1 aliphatic rings. The first kappa shape index (κ1) is 32.0. The highest BCUT2D eigenvalue weighted by Gasteiger charge is 2.54. The number of aryl methyl sites for hydroxylation is 1. The van der Waals surface area contributed by atoms with Gasteiger partial charge in [-0.2, -0.15) is 0 Å². The molecule has 0 radical (unpaired) electrons. The summed E-state index contributed by atoms with van der Waals surface area (Å²) in [5.74, 6) is -2.99. The number of aliphatic hydroxyl groups is 1. The molecule has 0 saturated carbocycles. The Labute approximate surface area is 255 Å². The quantitative estimate of drug-likeness (QED) is 0.0561. The number of hydrogen-bond donors (Lipinski definition) is 2. The molecule has 44 heavy (non-hydrogen) atoms. The minimum absolute atomic E-state index is 0.0723. The number of likely N-dealkylation sites (tertiary alicyclic amines) is 1. The Morgan fingerprint density at radius 3 is 2.27 bits per heavy atom. The van der Waals surface area contributed by atoms with Gasteiger partial charge in [0, 0.05) is 22.9 Å². The molecule has 3 aromatic carbocycles. The van der Waals surface area contributed by atoms with Crippen LogP contribution in [0.5, 0.6) is 5.75 Å². The lowest BCUT2D eigenvalue weighted by Crippen LogP contribution is -2.70. The first-order valence-electron chi connectivity index (χ1n) is 13.0. The highest BCUT2D eigenvalue weighted by Crippen LogP contribution is 2.40. The number of nitrogens with zero attached hydrogens (tertiary/aromatic N) is 2. The highest BCUT2D eigenvalue weighted by atomic mass is 33.1. The van der Waals surface area contributed by atoms with Crippen molar-refractivity contribution < 1.29 is 42.3 Å². The van der Waals surface area contributed by atoms with Crippen LogP contribution in [0.25, 0.3) is 0 Å². The lowest BCUT2D eigenvalue weighted by Gasteiger charge is -2.46. The van der Waals surface area contributed by atoms with E-state index in [1.54, 1.807) is 49.4 Å². The summed E-state index contributed by atoms with van der Waals surface area (Å²) in [6, 6.07) is 18.1. The highest BCUT2D eigenvalue weighted by molar-refractivity contribution is 8.72. The van der Waals surface area contributed by atoms with Crippen molar-refractivity contribution in [2.75, 3.05) is 6.61 Å². The van der Waals surface area contributed by atoms with Crippen LogP contribution in [0.1, 0.15) is 18.1 Å². The maximum absolute atomic E-state index is 13.3. The van der Waals surface area contributed by atoms with Gasteiger partial charge in [0.2, 0.25) is 8.87 Å². The summed E-state index contributed by atoms with van der Waals surface area (Å²) in [6.07, 6.45) is 0. The number of benzene rings is 3. The number of amides is 2. The molecule has 2 N–H and O–H groups in total. The maximum atomic E-state index is 13.3. The van der Waals surface area contributed by atoms with E-state index in [0.29, 0.717) is 22.1 Å². The smallest absolute Gasteiger partial charge is 0.358 e. The molecule has 3 aromatic rings. The number of rotatable bonds is 12. The lowest BCUT2D eigenvalue weighted by molar-refractivity contribution is -0.384. The Balaban J connectivity index is 1.55. The fourth-order valence-corrected chi connectivity index (χ4v) is 7.52. The van der Waals surface area contributed by atoms with Crippen LogP contribution in [0.3, 0.4) is 0 Å². The zero-order valence-corrected chi connectivity index (χ0v) is 25.0. The van der Waals surface area contributed by atoms with Gasteiger partial charge < -0.3 is 19.9 Å². The van der Waals surface area contributed by atoms with E-state index >= 15 is 0 Å². The van der Waals surface area contributed by atoms with Crippen LogP contribution in [-0.2, 0) is 34.6 Å². The molecule has 15 heteroatoms. The fourth-order valence-electron chi connectivity index (χ4n) is 4.06. The van der Waals surface area contributed by atoms with Crippen LogP contribution >= 0.6 is 10.8 Å². The topological polar surface area (TPSA) is 182 Å². The van der Waals surface area contributed by atoms with Crippen molar-refractivity contribution in [1.82, 2.24) is 10.2 Å². The molecular formula is C29H27N3O10S2. The summed E-state index contributed by atoms with van der Waals surface area (Å²) in [5, 5.41) is 22.4. The molecule has 4 rings (SSSR count). The van der Waals surface area contributed by atoms with Crippen molar-refractivity contribution >= 4 is 43.1 Å². The second kappa shape index (κ2) is 13.6. The number of esters is 1. The molecule has 1 fully saturated rings. The molecule has 13 nitrogen and oxygen atoms in total. The first-order chi connectivity index (χ1) is 20.9. The Hall–Kier alpha value is -4.89. The van der Waals surface area contributed by atoms with Crippen molar-refractivity contribution in [3.05, 3.63) is 112 Å². The van der Waals surface area contributed by atoms with Crippen molar-refractivity contribution in [1.29, 1.82) is 0 Å². The summed E-state index contributed by atoms with van der Waals surface area (Å²) >= 11 is 0. The fraction of sp³-hybridized carbons (Fsp3) is 0.207. The third-order valence-electron chi connectivity index (χ3n) is 6.30.